The molecule has 0 unspecified atom stereocenters. The standard InChI is InChI=1S/C6H4BrNO2S/c7-6-8-3-4(11-6)5-9-1-2-10-5/h1-3,5H. The fourth-order valence-corrected chi connectivity index (χ4v) is 2.02. The van der Waals surface area contributed by atoms with E-state index >= 15 is 0 Å². The van der Waals surface area contributed by atoms with Crippen LogP contribution in [0.25, 0.3) is 0 Å². The lowest BCUT2D eigenvalue weighted by molar-refractivity contribution is -0.0218. The molecule has 0 bridgehead atoms. The molecule has 0 spiro atoms. The average Bonchev–Trinajstić information content (AvgIpc) is 2.55. The van der Waals surface area contributed by atoms with Crippen LogP contribution in [0.1, 0.15) is 11.2 Å². The largest absolute Gasteiger partial charge is 0.454 e. The normalized spacial score (nSPS) is 16.5. The smallest absolute Gasteiger partial charge is 0.277 e. The predicted molar refractivity (Wildman–Crippen MR) is 43.9 cm³/mol. The number of nitrogens with zero attached hydrogens (tertiary/aromatic N) is 1. The molecule has 11 heavy (non-hydrogen) atoms. The van der Waals surface area contributed by atoms with Crippen LogP contribution in [0, 0.1) is 0 Å². The van der Waals surface area contributed by atoms with Gasteiger partial charge >= 0.3 is 0 Å². The SMILES string of the molecule is Brc1ncc(C2OC=CO2)s1. The van der Waals surface area contributed by atoms with Crippen LogP contribution in [-0.4, -0.2) is 4.98 Å². The van der Waals surface area contributed by atoms with Crippen LogP contribution in [0.3, 0.4) is 0 Å². The van der Waals surface area contributed by atoms with E-state index in [1.54, 1.807) is 6.20 Å². The quantitative estimate of drug-likeness (QED) is 0.747. The highest BCUT2D eigenvalue weighted by atomic mass is 79.9. The number of thiazole rings is 1. The van der Waals surface area contributed by atoms with Crippen molar-refractivity contribution in [1.29, 1.82) is 0 Å². The molecule has 5 heteroatoms. The summed E-state index contributed by atoms with van der Waals surface area (Å²) in [6.45, 7) is 0. The van der Waals surface area contributed by atoms with Crippen molar-refractivity contribution in [3.8, 4) is 0 Å². The molecule has 0 fully saturated rings. The maximum Gasteiger partial charge on any atom is 0.277 e. The second-order valence-electron chi connectivity index (χ2n) is 1.89. The molecular weight excluding hydrogens is 230 g/mol. The third-order valence-electron chi connectivity index (χ3n) is 1.19. The van der Waals surface area contributed by atoms with Gasteiger partial charge in [-0.1, -0.05) is 0 Å². The second-order valence-corrected chi connectivity index (χ2v) is 4.23. The van der Waals surface area contributed by atoms with Gasteiger partial charge in [-0.05, 0) is 15.9 Å². The van der Waals surface area contributed by atoms with Crippen LogP contribution in [-0.2, 0) is 9.47 Å². The molecule has 2 heterocycles. The van der Waals surface area contributed by atoms with Gasteiger partial charge < -0.3 is 9.47 Å². The van der Waals surface area contributed by atoms with Crippen molar-refractivity contribution in [2.45, 2.75) is 6.29 Å². The van der Waals surface area contributed by atoms with Crippen molar-refractivity contribution < 1.29 is 9.47 Å². The van der Waals surface area contributed by atoms with Crippen molar-refractivity contribution in [2.75, 3.05) is 0 Å². The summed E-state index contributed by atoms with van der Waals surface area (Å²) < 4.78 is 11.0. The van der Waals surface area contributed by atoms with Gasteiger partial charge in [-0.15, -0.1) is 11.3 Å². The summed E-state index contributed by atoms with van der Waals surface area (Å²) in [7, 11) is 0. The zero-order valence-corrected chi connectivity index (χ0v) is 7.76. The highest BCUT2D eigenvalue weighted by Crippen LogP contribution is 2.30. The van der Waals surface area contributed by atoms with Crippen LogP contribution < -0.4 is 0 Å². The second kappa shape index (κ2) is 2.83. The van der Waals surface area contributed by atoms with Gasteiger partial charge in [0.15, 0.2) is 3.92 Å². The number of aromatic nitrogens is 1. The Bertz CT molecular complexity index is 278. The van der Waals surface area contributed by atoms with Crippen molar-refractivity contribution in [1.82, 2.24) is 4.98 Å². The van der Waals surface area contributed by atoms with Crippen LogP contribution in [0.5, 0.6) is 0 Å². The van der Waals surface area contributed by atoms with E-state index < -0.39 is 0 Å². The van der Waals surface area contributed by atoms with Crippen molar-refractivity contribution >= 4 is 27.3 Å². The van der Waals surface area contributed by atoms with Gasteiger partial charge in [-0.25, -0.2) is 4.98 Å². The van der Waals surface area contributed by atoms with Crippen LogP contribution in [0.4, 0.5) is 0 Å². The Morgan fingerprint density at radius 2 is 2.18 bits per heavy atom. The van der Waals surface area contributed by atoms with E-state index in [1.165, 1.54) is 23.9 Å². The van der Waals surface area contributed by atoms with Gasteiger partial charge in [0, 0.05) is 6.20 Å². The van der Waals surface area contributed by atoms with Crippen LogP contribution in [0.2, 0.25) is 0 Å². The van der Waals surface area contributed by atoms with E-state index in [0.717, 1.165) is 8.79 Å². The summed E-state index contributed by atoms with van der Waals surface area (Å²) in [5, 5.41) is 0. The molecule has 0 saturated carbocycles. The van der Waals surface area contributed by atoms with E-state index in [9.17, 15) is 0 Å². The van der Waals surface area contributed by atoms with Gasteiger partial charge in [0.1, 0.15) is 17.4 Å². The van der Waals surface area contributed by atoms with Crippen LogP contribution >= 0.6 is 27.3 Å². The molecule has 0 aliphatic carbocycles. The number of ether oxygens (including phenoxy) is 2. The molecule has 1 aliphatic heterocycles. The minimum atomic E-state index is -0.293. The Morgan fingerprint density at radius 1 is 1.45 bits per heavy atom. The maximum atomic E-state index is 5.10. The topological polar surface area (TPSA) is 31.4 Å². The zero-order valence-electron chi connectivity index (χ0n) is 5.36. The highest BCUT2D eigenvalue weighted by Gasteiger charge is 2.17. The Morgan fingerprint density at radius 3 is 2.73 bits per heavy atom. The van der Waals surface area contributed by atoms with Crippen molar-refractivity contribution in [3.05, 3.63) is 27.5 Å². The third-order valence-corrected chi connectivity index (χ3v) is 2.69. The Labute approximate surface area is 75.8 Å². The molecule has 0 N–H and O–H groups in total. The molecule has 0 aromatic carbocycles. The Balaban J connectivity index is 2.17. The number of hydrogen-bond donors (Lipinski definition) is 0. The molecule has 0 radical (unpaired) electrons. The molecular formula is C6H4BrNO2S. The minimum Gasteiger partial charge on any atom is -0.454 e. The van der Waals surface area contributed by atoms with Gasteiger partial charge in [-0.2, -0.15) is 0 Å². The van der Waals surface area contributed by atoms with Gasteiger partial charge in [-0.3, -0.25) is 0 Å². The molecule has 0 amide bonds. The highest BCUT2D eigenvalue weighted by molar-refractivity contribution is 9.11. The molecule has 1 aromatic rings. The van der Waals surface area contributed by atoms with E-state index in [-0.39, 0.29) is 6.29 Å². The number of hydrogen-bond acceptors (Lipinski definition) is 4. The van der Waals surface area contributed by atoms with Gasteiger partial charge in [0.05, 0.1) is 0 Å². The molecule has 2 rings (SSSR count). The lowest BCUT2D eigenvalue weighted by Crippen LogP contribution is -1.93. The summed E-state index contributed by atoms with van der Waals surface area (Å²) in [5.41, 5.74) is 0. The number of halogens is 1. The Kier molecular flexibility index (Phi) is 1.83. The molecule has 0 atom stereocenters. The van der Waals surface area contributed by atoms with E-state index in [0.29, 0.717) is 0 Å². The minimum absolute atomic E-state index is 0.293. The lowest BCUT2D eigenvalue weighted by atomic mass is 10.5. The fraction of sp³-hybridized carbons (Fsp3) is 0.167. The summed E-state index contributed by atoms with van der Waals surface area (Å²) in [6.07, 6.45) is 4.49. The lowest BCUT2D eigenvalue weighted by Gasteiger charge is -2.05. The van der Waals surface area contributed by atoms with Gasteiger partial charge in [0.2, 0.25) is 0 Å². The van der Waals surface area contributed by atoms with Crippen LogP contribution in [0.15, 0.2) is 22.6 Å². The Hall–Kier alpha value is -0.550. The monoisotopic (exact) mass is 233 g/mol. The first-order valence-electron chi connectivity index (χ1n) is 2.93. The fourth-order valence-electron chi connectivity index (χ4n) is 0.746. The molecule has 3 nitrogen and oxygen atoms in total. The molecule has 0 saturated heterocycles. The van der Waals surface area contributed by atoms with E-state index in [4.69, 9.17) is 9.47 Å². The third kappa shape index (κ3) is 1.39. The zero-order chi connectivity index (χ0) is 7.68. The first-order valence-corrected chi connectivity index (χ1v) is 4.54. The van der Waals surface area contributed by atoms with E-state index in [2.05, 4.69) is 20.9 Å². The first kappa shape index (κ1) is 7.12. The van der Waals surface area contributed by atoms with Crippen molar-refractivity contribution in [3.63, 3.8) is 0 Å². The van der Waals surface area contributed by atoms with E-state index in [1.807, 2.05) is 0 Å². The summed E-state index contributed by atoms with van der Waals surface area (Å²) >= 11 is 4.76. The summed E-state index contributed by atoms with van der Waals surface area (Å²) in [6, 6.07) is 0. The maximum absolute atomic E-state index is 5.10. The molecule has 1 aromatic heterocycles. The first-order chi connectivity index (χ1) is 5.36. The molecule has 58 valence electrons. The number of rotatable bonds is 1. The van der Waals surface area contributed by atoms with Gasteiger partial charge in [0.25, 0.3) is 6.29 Å². The average molecular weight is 234 g/mol. The predicted octanol–water partition coefficient (Wildman–Crippen LogP) is 2.42. The molecule has 1 aliphatic rings. The summed E-state index contributed by atoms with van der Waals surface area (Å²) in [5.74, 6) is 0. The van der Waals surface area contributed by atoms with Crippen molar-refractivity contribution in [2.24, 2.45) is 0 Å². The summed E-state index contributed by atoms with van der Waals surface area (Å²) in [4.78, 5) is 4.97.